The number of carboxylic acid groups (broad SMARTS) is 1. The number of aromatic carboxylic acids is 1. The average Bonchev–Trinajstić information content (AvgIpc) is 3.11. The molecule has 0 atom stereocenters. The number of carbonyl (C=O) groups is 2. The van der Waals surface area contributed by atoms with Crippen LogP contribution in [0.15, 0.2) is 72.8 Å². The predicted molar refractivity (Wildman–Crippen MR) is 126 cm³/mol. The van der Waals surface area contributed by atoms with Gasteiger partial charge >= 0.3 is 5.97 Å². The van der Waals surface area contributed by atoms with Gasteiger partial charge in [0.1, 0.15) is 0 Å². The van der Waals surface area contributed by atoms with Crippen molar-refractivity contribution in [1.29, 1.82) is 0 Å². The van der Waals surface area contributed by atoms with Crippen LogP contribution in [0.3, 0.4) is 0 Å². The fraction of sp³-hybridized carbons (Fsp3) is 0.115. The molecule has 3 aromatic carbocycles. The fourth-order valence-electron chi connectivity index (χ4n) is 3.72. The Kier molecular flexibility index (Phi) is 5.60. The van der Waals surface area contributed by atoms with E-state index in [-0.39, 0.29) is 11.3 Å². The highest BCUT2D eigenvalue weighted by atomic mass is 16.4. The molecule has 32 heavy (non-hydrogen) atoms. The molecule has 0 aliphatic rings. The summed E-state index contributed by atoms with van der Waals surface area (Å²) in [7, 11) is 0. The number of hydrogen-bond donors (Lipinski definition) is 2. The highest BCUT2D eigenvalue weighted by Crippen LogP contribution is 2.23. The molecule has 0 fully saturated rings. The van der Waals surface area contributed by atoms with E-state index in [9.17, 15) is 14.7 Å². The van der Waals surface area contributed by atoms with Crippen molar-refractivity contribution in [3.05, 3.63) is 95.3 Å². The minimum absolute atomic E-state index is 0.000149. The second kappa shape index (κ2) is 8.51. The van der Waals surface area contributed by atoms with Crippen LogP contribution in [-0.2, 0) is 4.79 Å². The number of carboxylic acids is 1. The Hall–Kier alpha value is -4.19. The summed E-state index contributed by atoms with van der Waals surface area (Å²) >= 11 is 0. The molecule has 0 saturated carbocycles. The summed E-state index contributed by atoms with van der Waals surface area (Å²) in [6.45, 7) is 5.63. The molecular formula is C26H23N3O3. The van der Waals surface area contributed by atoms with Crippen LogP contribution < -0.4 is 5.32 Å². The number of aromatic nitrogens is 2. The molecule has 160 valence electrons. The highest BCUT2D eigenvalue weighted by molar-refractivity contribution is 6.07. The van der Waals surface area contributed by atoms with E-state index in [2.05, 4.69) is 10.4 Å². The van der Waals surface area contributed by atoms with Crippen molar-refractivity contribution in [3.63, 3.8) is 0 Å². The Morgan fingerprint density at radius 1 is 0.969 bits per heavy atom. The van der Waals surface area contributed by atoms with Crippen molar-refractivity contribution in [2.24, 2.45) is 0 Å². The van der Waals surface area contributed by atoms with Crippen LogP contribution in [0.2, 0.25) is 0 Å². The van der Waals surface area contributed by atoms with Crippen LogP contribution in [0, 0.1) is 13.8 Å². The van der Waals surface area contributed by atoms with E-state index >= 15 is 0 Å². The number of aryl methyl sites for hydroxylation is 2. The molecule has 0 spiro atoms. The highest BCUT2D eigenvalue weighted by Gasteiger charge is 2.15. The number of fused-ring (bicyclic) bond motifs is 1. The first kappa shape index (κ1) is 21.1. The smallest absolute Gasteiger partial charge is 0.337 e. The summed E-state index contributed by atoms with van der Waals surface area (Å²) in [5.41, 5.74) is 4.29. The van der Waals surface area contributed by atoms with Gasteiger partial charge in [-0.05, 0) is 73.0 Å². The lowest BCUT2D eigenvalue weighted by Gasteiger charge is -2.11. The number of allylic oxidation sites excluding steroid dienone is 1. The molecular weight excluding hydrogens is 402 g/mol. The topological polar surface area (TPSA) is 84.2 Å². The zero-order valence-corrected chi connectivity index (χ0v) is 18.1. The zero-order valence-electron chi connectivity index (χ0n) is 18.1. The Bertz CT molecular complexity index is 1380. The third-order valence-corrected chi connectivity index (χ3v) is 5.30. The van der Waals surface area contributed by atoms with E-state index in [0.717, 1.165) is 33.3 Å². The van der Waals surface area contributed by atoms with Crippen LogP contribution in [-0.4, -0.2) is 26.8 Å². The van der Waals surface area contributed by atoms with Gasteiger partial charge in [-0.3, -0.25) is 4.79 Å². The van der Waals surface area contributed by atoms with E-state index in [1.165, 1.54) is 12.1 Å². The molecule has 0 radical (unpaired) electrons. The van der Waals surface area contributed by atoms with Gasteiger partial charge in [0.2, 0.25) is 5.91 Å². The van der Waals surface area contributed by atoms with Gasteiger partial charge in [-0.15, -0.1) is 0 Å². The number of nitrogens with one attached hydrogen (secondary N) is 1. The lowest BCUT2D eigenvalue weighted by molar-refractivity contribution is -0.111. The second-order valence-electron chi connectivity index (χ2n) is 7.75. The molecule has 0 aliphatic carbocycles. The van der Waals surface area contributed by atoms with Gasteiger partial charge < -0.3 is 10.4 Å². The van der Waals surface area contributed by atoms with Crippen LogP contribution >= 0.6 is 0 Å². The number of amides is 1. The largest absolute Gasteiger partial charge is 0.478 e. The molecule has 6 heteroatoms. The van der Waals surface area contributed by atoms with Crippen LogP contribution in [0.25, 0.3) is 22.0 Å². The predicted octanol–water partition coefficient (Wildman–Crippen LogP) is 5.38. The molecule has 1 aromatic heterocycles. The van der Waals surface area contributed by atoms with Gasteiger partial charge in [0.25, 0.3) is 0 Å². The van der Waals surface area contributed by atoms with Crippen molar-refractivity contribution in [2.45, 2.75) is 20.8 Å². The first-order valence-electron chi connectivity index (χ1n) is 10.2. The van der Waals surface area contributed by atoms with Crippen LogP contribution in [0.5, 0.6) is 0 Å². The molecule has 0 saturated heterocycles. The van der Waals surface area contributed by atoms with E-state index in [1.54, 1.807) is 16.8 Å². The maximum absolute atomic E-state index is 12.6. The quantitative estimate of drug-likeness (QED) is 0.420. The van der Waals surface area contributed by atoms with E-state index in [4.69, 9.17) is 0 Å². The number of nitrogens with zero attached hydrogens (tertiary/aromatic N) is 2. The summed E-state index contributed by atoms with van der Waals surface area (Å²) in [6.07, 6.45) is 1.48. The maximum Gasteiger partial charge on any atom is 0.337 e. The average molecular weight is 425 g/mol. The lowest BCUT2D eigenvalue weighted by Crippen LogP contribution is -2.13. The number of hydrogen-bond acceptors (Lipinski definition) is 3. The van der Waals surface area contributed by atoms with E-state index in [0.29, 0.717) is 5.69 Å². The molecule has 0 unspecified atom stereocenters. The van der Waals surface area contributed by atoms with Gasteiger partial charge in [0, 0.05) is 11.8 Å². The third-order valence-electron chi connectivity index (χ3n) is 5.30. The van der Waals surface area contributed by atoms with E-state index in [1.807, 2.05) is 69.3 Å². The third kappa shape index (κ3) is 4.30. The minimum atomic E-state index is -1.13. The minimum Gasteiger partial charge on any atom is -0.478 e. The summed E-state index contributed by atoms with van der Waals surface area (Å²) in [4.78, 5) is 24.5. The van der Waals surface area contributed by atoms with Crippen molar-refractivity contribution in [3.8, 4) is 5.69 Å². The van der Waals surface area contributed by atoms with Gasteiger partial charge in [0.05, 0.1) is 22.6 Å². The monoisotopic (exact) mass is 425 g/mol. The van der Waals surface area contributed by atoms with Crippen molar-refractivity contribution < 1.29 is 14.7 Å². The second-order valence-corrected chi connectivity index (χ2v) is 7.75. The fourth-order valence-corrected chi connectivity index (χ4v) is 3.72. The van der Waals surface area contributed by atoms with E-state index < -0.39 is 11.9 Å². The molecule has 0 bridgehead atoms. The Morgan fingerprint density at radius 3 is 2.41 bits per heavy atom. The summed E-state index contributed by atoms with van der Waals surface area (Å²) in [5.74, 6) is -1.52. The SMILES string of the molecule is C/C(=C/C(=O)Nc1ccc(-n2nc(C)cc2C)cc1C(=O)O)c1ccc2ccccc2c1. The van der Waals surface area contributed by atoms with Crippen molar-refractivity contribution in [1.82, 2.24) is 9.78 Å². The maximum atomic E-state index is 12.6. The Balaban J connectivity index is 1.60. The Labute approximate surface area is 185 Å². The Morgan fingerprint density at radius 2 is 1.72 bits per heavy atom. The number of anilines is 1. The first-order chi connectivity index (χ1) is 15.3. The standard InChI is InChI=1S/C26H23N3O3/c1-16(20-9-8-19-6-4-5-7-21(19)14-20)12-25(30)27-24-11-10-22(15-23(24)26(31)32)29-18(3)13-17(2)28-29/h4-15H,1-3H3,(H,27,30)(H,31,32)/b16-12-. The lowest BCUT2D eigenvalue weighted by atomic mass is 10.0. The van der Waals surface area contributed by atoms with Gasteiger partial charge in [-0.1, -0.05) is 36.4 Å². The van der Waals surface area contributed by atoms with Crippen molar-refractivity contribution >= 4 is 33.9 Å². The van der Waals surface area contributed by atoms with Crippen molar-refractivity contribution in [2.75, 3.05) is 5.32 Å². The molecule has 0 aliphatic heterocycles. The molecule has 4 aromatic rings. The summed E-state index contributed by atoms with van der Waals surface area (Å²) in [6, 6.07) is 20.8. The van der Waals surface area contributed by atoms with Gasteiger partial charge in [-0.2, -0.15) is 5.10 Å². The normalized spacial score (nSPS) is 11.5. The van der Waals surface area contributed by atoms with Crippen LogP contribution in [0.4, 0.5) is 5.69 Å². The summed E-state index contributed by atoms with van der Waals surface area (Å²) in [5, 5.41) is 19.0. The molecule has 6 nitrogen and oxygen atoms in total. The summed E-state index contributed by atoms with van der Waals surface area (Å²) < 4.78 is 1.68. The molecule has 1 heterocycles. The molecule has 1 amide bonds. The zero-order chi connectivity index (χ0) is 22.8. The van der Waals surface area contributed by atoms with Crippen LogP contribution in [0.1, 0.15) is 34.2 Å². The molecule has 4 rings (SSSR count). The number of carbonyl (C=O) groups excluding carboxylic acids is 1. The molecule has 2 N–H and O–H groups in total. The first-order valence-corrected chi connectivity index (χ1v) is 10.2. The van der Waals surface area contributed by atoms with Gasteiger partial charge in [0.15, 0.2) is 0 Å². The van der Waals surface area contributed by atoms with Gasteiger partial charge in [-0.25, -0.2) is 9.48 Å². The number of rotatable bonds is 5. The number of benzene rings is 3.